The Kier molecular flexibility index (Phi) is 3.54. The summed E-state index contributed by atoms with van der Waals surface area (Å²) >= 11 is 8.79. The number of hydrogen-bond donors (Lipinski definition) is 1. The van der Waals surface area contributed by atoms with Crippen LogP contribution in [-0.2, 0) is 6.54 Å². The van der Waals surface area contributed by atoms with Gasteiger partial charge in [-0.3, -0.25) is 4.57 Å². The van der Waals surface area contributed by atoms with Crippen molar-refractivity contribution in [1.82, 2.24) is 19.5 Å². The maximum Gasteiger partial charge on any atom is 0.242 e. The first-order valence-corrected chi connectivity index (χ1v) is 7.11. The summed E-state index contributed by atoms with van der Waals surface area (Å²) in [6.07, 6.45) is 1.47. The highest BCUT2D eigenvalue weighted by Gasteiger charge is 2.11. The van der Waals surface area contributed by atoms with Gasteiger partial charge in [-0.1, -0.05) is 28.1 Å². The average molecular weight is 351 g/mol. The lowest BCUT2D eigenvalue weighted by Gasteiger charge is -2.05. The molecular weight excluding hydrogens is 340 g/mol. The molecule has 2 aromatic heterocycles. The predicted molar refractivity (Wildman–Crippen MR) is 82.5 cm³/mol. The van der Waals surface area contributed by atoms with Crippen molar-refractivity contribution in [1.29, 1.82) is 0 Å². The number of ether oxygens (including phenoxy) is 1. The molecule has 1 aromatic carbocycles. The Balaban J connectivity index is 2.10. The van der Waals surface area contributed by atoms with E-state index >= 15 is 0 Å². The summed E-state index contributed by atoms with van der Waals surface area (Å²) in [6, 6.07) is 8.10. The first kappa shape index (κ1) is 13.3. The van der Waals surface area contributed by atoms with Crippen LogP contribution in [-0.4, -0.2) is 26.6 Å². The molecule has 102 valence electrons. The van der Waals surface area contributed by atoms with Gasteiger partial charge in [-0.2, -0.15) is 4.98 Å². The summed E-state index contributed by atoms with van der Waals surface area (Å²) in [4.78, 5) is 11.5. The van der Waals surface area contributed by atoms with Gasteiger partial charge >= 0.3 is 0 Å². The molecule has 0 aliphatic rings. The molecule has 0 atom stereocenters. The zero-order chi connectivity index (χ0) is 14.1. The minimum absolute atomic E-state index is 0.496. The number of nitrogens with one attached hydrogen (secondary N) is 1. The number of nitrogens with zero attached hydrogens (tertiary/aromatic N) is 3. The molecule has 0 fully saturated rings. The van der Waals surface area contributed by atoms with E-state index in [0.29, 0.717) is 17.2 Å². The molecular formula is C13H11BrN4OS. The molecule has 0 saturated carbocycles. The summed E-state index contributed by atoms with van der Waals surface area (Å²) < 4.78 is 8.79. The highest BCUT2D eigenvalue weighted by Crippen LogP contribution is 2.21. The van der Waals surface area contributed by atoms with Gasteiger partial charge in [0.2, 0.25) is 5.88 Å². The molecule has 20 heavy (non-hydrogen) atoms. The van der Waals surface area contributed by atoms with E-state index < -0.39 is 0 Å². The van der Waals surface area contributed by atoms with E-state index in [0.717, 1.165) is 21.2 Å². The van der Waals surface area contributed by atoms with Crippen molar-refractivity contribution < 1.29 is 4.74 Å². The molecule has 0 spiro atoms. The third-order valence-electron chi connectivity index (χ3n) is 2.97. The Hall–Kier alpha value is -1.73. The lowest BCUT2D eigenvalue weighted by Crippen LogP contribution is -2.01. The fraction of sp³-hybridized carbons (Fsp3) is 0.154. The van der Waals surface area contributed by atoms with Gasteiger partial charge in [-0.25, -0.2) is 4.98 Å². The van der Waals surface area contributed by atoms with Gasteiger partial charge in [0.05, 0.1) is 13.7 Å². The topological polar surface area (TPSA) is 55.7 Å². The van der Waals surface area contributed by atoms with E-state index in [9.17, 15) is 0 Å². The maximum atomic E-state index is 5.36. The number of rotatable bonds is 3. The average Bonchev–Trinajstić information content (AvgIpc) is 2.77. The van der Waals surface area contributed by atoms with Crippen LogP contribution < -0.4 is 4.74 Å². The second-order valence-electron chi connectivity index (χ2n) is 4.22. The van der Waals surface area contributed by atoms with Crippen molar-refractivity contribution >= 4 is 39.3 Å². The van der Waals surface area contributed by atoms with Crippen LogP contribution in [0.3, 0.4) is 0 Å². The molecule has 3 rings (SSSR count). The van der Waals surface area contributed by atoms with Crippen LogP contribution in [0.2, 0.25) is 0 Å². The number of imidazole rings is 1. The number of aromatic amines is 1. The molecule has 0 bridgehead atoms. The Bertz CT molecular complexity index is 809. The number of aromatic nitrogens is 4. The largest absolute Gasteiger partial charge is 0.479 e. The van der Waals surface area contributed by atoms with E-state index in [2.05, 4.69) is 30.9 Å². The van der Waals surface area contributed by atoms with Crippen LogP contribution in [0, 0.1) is 4.77 Å². The minimum atomic E-state index is 0.496. The van der Waals surface area contributed by atoms with E-state index in [-0.39, 0.29) is 0 Å². The third-order valence-corrected chi connectivity index (χ3v) is 3.82. The SMILES string of the molecule is COc1ncnc2c1[nH]c(=S)n2Cc1ccc(Br)cc1. The molecule has 0 aliphatic carbocycles. The second kappa shape index (κ2) is 5.34. The zero-order valence-corrected chi connectivity index (χ0v) is 13.0. The van der Waals surface area contributed by atoms with Crippen LogP contribution in [0.1, 0.15) is 5.56 Å². The zero-order valence-electron chi connectivity index (χ0n) is 10.6. The number of fused-ring (bicyclic) bond motifs is 1. The van der Waals surface area contributed by atoms with E-state index in [1.165, 1.54) is 6.33 Å². The van der Waals surface area contributed by atoms with E-state index in [1.807, 2.05) is 28.8 Å². The number of halogens is 1. The Labute approximate surface area is 128 Å². The lowest BCUT2D eigenvalue weighted by atomic mass is 10.2. The summed E-state index contributed by atoms with van der Waals surface area (Å²) in [5, 5.41) is 0. The Morgan fingerprint density at radius 3 is 2.75 bits per heavy atom. The van der Waals surface area contributed by atoms with Crippen molar-refractivity contribution in [2.24, 2.45) is 0 Å². The number of benzene rings is 1. The molecule has 0 amide bonds. The van der Waals surface area contributed by atoms with Gasteiger partial charge in [0.1, 0.15) is 11.8 Å². The molecule has 0 radical (unpaired) electrons. The molecule has 7 heteroatoms. The lowest BCUT2D eigenvalue weighted by molar-refractivity contribution is 0.401. The maximum absolute atomic E-state index is 5.36. The minimum Gasteiger partial charge on any atom is -0.479 e. The van der Waals surface area contributed by atoms with Crippen LogP contribution in [0.4, 0.5) is 0 Å². The highest BCUT2D eigenvalue weighted by atomic mass is 79.9. The van der Waals surface area contributed by atoms with Crippen LogP contribution in [0.15, 0.2) is 35.1 Å². The van der Waals surface area contributed by atoms with Crippen LogP contribution >= 0.6 is 28.1 Å². The van der Waals surface area contributed by atoms with Gasteiger partial charge in [0.15, 0.2) is 10.4 Å². The summed E-state index contributed by atoms with van der Waals surface area (Å²) in [5.41, 5.74) is 2.60. The van der Waals surface area contributed by atoms with Crippen LogP contribution in [0.5, 0.6) is 5.88 Å². The fourth-order valence-electron chi connectivity index (χ4n) is 2.02. The van der Waals surface area contributed by atoms with E-state index in [4.69, 9.17) is 17.0 Å². The quantitative estimate of drug-likeness (QED) is 0.736. The Morgan fingerprint density at radius 2 is 2.05 bits per heavy atom. The molecule has 2 heterocycles. The normalized spacial score (nSPS) is 10.9. The molecule has 1 N–H and O–H groups in total. The molecule has 0 saturated heterocycles. The van der Waals surface area contributed by atoms with E-state index in [1.54, 1.807) is 7.11 Å². The molecule has 0 aliphatic heterocycles. The first-order chi connectivity index (χ1) is 9.69. The van der Waals surface area contributed by atoms with Crippen molar-refractivity contribution in [3.05, 3.63) is 45.4 Å². The fourth-order valence-corrected chi connectivity index (χ4v) is 2.54. The highest BCUT2D eigenvalue weighted by molar-refractivity contribution is 9.10. The van der Waals surface area contributed by atoms with Gasteiger partial charge in [-0.15, -0.1) is 0 Å². The first-order valence-electron chi connectivity index (χ1n) is 5.91. The molecule has 3 aromatic rings. The van der Waals surface area contributed by atoms with Crippen molar-refractivity contribution in [2.75, 3.05) is 7.11 Å². The van der Waals surface area contributed by atoms with Gasteiger partial charge in [0.25, 0.3) is 0 Å². The smallest absolute Gasteiger partial charge is 0.242 e. The number of H-pyrrole nitrogens is 1. The predicted octanol–water partition coefficient (Wildman–Crippen LogP) is 3.31. The van der Waals surface area contributed by atoms with Crippen molar-refractivity contribution in [3.8, 4) is 5.88 Å². The van der Waals surface area contributed by atoms with Gasteiger partial charge in [-0.05, 0) is 29.9 Å². The second-order valence-corrected chi connectivity index (χ2v) is 5.53. The Morgan fingerprint density at radius 1 is 1.30 bits per heavy atom. The molecule has 0 unspecified atom stereocenters. The van der Waals surface area contributed by atoms with Gasteiger partial charge < -0.3 is 9.72 Å². The van der Waals surface area contributed by atoms with Crippen molar-refractivity contribution in [3.63, 3.8) is 0 Å². The third kappa shape index (κ3) is 2.34. The summed E-state index contributed by atoms with van der Waals surface area (Å²) in [6.45, 7) is 0.645. The number of hydrogen-bond acceptors (Lipinski definition) is 4. The summed E-state index contributed by atoms with van der Waals surface area (Å²) in [5.74, 6) is 0.496. The number of methoxy groups -OCH3 is 1. The monoisotopic (exact) mass is 350 g/mol. The molecule has 5 nitrogen and oxygen atoms in total. The summed E-state index contributed by atoms with van der Waals surface area (Å²) in [7, 11) is 1.57. The standard InChI is InChI=1S/C13H11BrN4OS/c1-19-12-10-11(15-7-16-12)18(13(20)17-10)6-8-2-4-9(14)5-3-8/h2-5,7H,6H2,1H3,(H,17,20). The van der Waals surface area contributed by atoms with Crippen LogP contribution in [0.25, 0.3) is 11.2 Å². The van der Waals surface area contributed by atoms with Crippen molar-refractivity contribution in [2.45, 2.75) is 6.54 Å². The van der Waals surface area contributed by atoms with Gasteiger partial charge in [0, 0.05) is 4.47 Å².